The topological polar surface area (TPSA) is 94.0 Å². The number of hydrogen-bond acceptors (Lipinski definition) is 6. The Morgan fingerprint density at radius 3 is 2.42 bits per heavy atom. The van der Waals surface area contributed by atoms with Gasteiger partial charge in [0.15, 0.2) is 16.8 Å². The van der Waals surface area contributed by atoms with Crippen LogP contribution in [0.5, 0.6) is 0 Å². The van der Waals surface area contributed by atoms with Crippen LogP contribution in [0.25, 0.3) is 11.4 Å². The molecule has 0 spiro atoms. The lowest BCUT2D eigenvalue weighted by atomic mass is 10.1. The molecule has 0 saturated heterocycles. The molecule has 0 aliphatic carbocycles. The molecule has 31 heavy (non-hydrogen) atoms. The average Bonchev–Trinajstić information content (AvgIpc) is 3.10. The summed E-state index contributed by atoms with van der Waals surface area (Å²) in [6.07, 6.45) is 2.81. The number of hydrogen-bond donors (Lipinski definition) is 1. The summed E-state index contributed by atoms with van der Waals surface area (Å²) in [5.74, 6) is 0.562. The highest BCUT2D eigenvalue weighted by molar-refractivity contribution is 8.00. The van der Waals surface area contributed by atoms with Gasteiger partial charge in [0.25, 0.3) is 0 Å². The van der Waals surface area contributed by atoms with Gasteiger partial charge >= 0.3 is 0 Å². The van der Waals surface area contributed by atoms with E-state index in [4.69, 9.17) is 11.6 Å². The Morgan fingerprint density at radius 1 is 1.19 bits per heavy atom. The number of anilines is 1. The zero-order valence-corrected chi connectivity index (χ0v) is 19.3. The van der Waals surface area contributed by atoms with Crippen molar-refractivity contribution in [3.63, 3.8) is 0 Å². The number of aromatic nitrogens is 3. The molecule has 0 aliphatic heterocycles. The Balaban J connectivity index is 1.79. The lowest BCUT2D eigenvalue weighted by molar-refractivity contribution is 0.0994. The van der Waals surface area contributed by atoms with Gasteiger partial charge in [0.1, 0.15) is 0 Å². The fourth-order valence-electron chi connectivity index (χ4n) is 2.85. The van der Waals surface area contributed by atoms with Crippen LogP contribution in [0.3, 0.4) is 0 Å². The molecule has 3 rings (SSSR count). The number of carbonyl (C=O) groups is 1. The molecule has 0 saturated carbocycles. The van der Waals surface area contributed by atoms with Crippen LogP contribution in [0.1, 0.15) is 17.3 Å². The maximum atomic E-state index is 12.9. The van der Waals surface area contributed by atoms with Gasteiger partial charge in [0, 0.05) is 28.4 Å². The molecule has 1 aromatic heterocycles. The average molecular weight is 477 g/mol. The van der Waals surface area contributed by atoms with Gasteiger partial charge in [-0.3, -0.25) is 14.1 Å². The first-order valence-corrected chi connectivity index (χ1v) is 12.4. The number of benzene rings is 2. The third-order valence-corrected chi connectivity index (χ3v) is 6.19. The monoisotopic (exact) mass is 476 g/mol. The van der Waals surface area contributed by atoms with Gasteiger partial charge in [-0.15, -0.1) is 16.8 Å². The lowest BCUT2D eigenvalue weighted by Crippen LogP contribution is -2.15. The highest BCUT2D eigenvalue weighted by Gasteiger charge is 2.21. The number of rotatable bonds is 9. The fraction of sp³-hybridized carbons (Fsp3) is 0.190. The summed E-state index contributed by atoms with van der Waals surface area (Å²) < 4.78 is 26.9. The maximum absolute atomic E-state index is 12.9. The summed E-state index contributed by atoms with van der Waals surface area (Å²) in [5.41, 5.74) is 1.74. The molecule has 162 valence electrons. The second kappa shape index (κ2) is 9.67. The normalized spacial score (nSPS) is 12.4. The van der Waals surface area contributed by atoms with Crippen LogP contribution in [0.15, 0.2) is 66.3 Å². The van der Waals surface area contributed by atoms with E-state index in [-0.39, 0.29) is 5.78 Å². The number of halogens is 1. The van der Waals surface area contributed by atoms with E-state index in [9.17, 15) is 13.2 Å². The molecule has 0 bridgehead atoms. The molecule has 2 aromatic carbocycles. The number of carbonyl (C=O) groups excluding carboxylic acids is 1. The number of nitrogens with zero attached hydrogens (tertiary/aromatic N) is 3. The van der Waals surface area contributed by atoms with E-state index in [0.717, 1.165) is 11.8 Å². The molecule has 3 aromatic rings. The van der Waals surface area contributed by atoms with E-state index in [1.54, 1.807) is 49.4 Å². The minimum absolute atomic E-state index is 0.0999. The fourth-order valence-corrected chi connectivity index (χ4v) is 4.47. The SMILES string of the molecule is C=CCn1c(SC(C)C(=O)c2ccc(NS(C)(=O)=O)cc2)nnc1-c1ccc(Cl)cc1. The third-order valence-electron chi connectivity index (χ3n) is 4.26. The molecule has 10 heteroatoms. The molecule has 1 atom stereocenters. The van der Waals surface area contributed by atoms with Crippen LogP contribution in [0, 0.1) is 0 Å². The van der Waals surface area contributed by atoms with Crippen LogP contribution in [-0.2, 0) is 16.6 Å². The Morgan fingerprint density at radius 2 is 1.84 bits per heavy atom. The lowest BCUT2D eigenvalue weighted by Gasteiger charge is -2.12. The van der Waals surface area contributed by atoms with Gasteiger partial charge in [-0.25, -0.2) is 8.42 Å². The van der Waals surface area contributed by atoms with Crippen molar-refractivity contribution in [2.24, 2.45) is 0 Å². The number of nitrogens with one attached hydrogen (secondary N) is 1. The third kappa shape index (κ3) is 5.96. The maximum Gasteiger partial charge on any atom is 0.229 e. The second-order valence-electron chi connectivity index (χ2n) is 6.79. The van der Waals surface area contributed by atoms with Crippen molar-refractivity contribution < 1.29 is 13.2 Å². The van der Waals surface area contributed by atoms with E-state index < -0.39 is 15.3 Å². The highest BCUT2D eigenvalue weighted by atomic mass is 35.5. The van der Waals surface area contributed by atoms with Crippen molar-refractivity contribution in [3.8, 4) is 11.4 Å². The van der Waals surface area contributed by atoms with Crippen LogP contribution in [0.4, 0.5) is 5.69 Å². The second-order valence-corrected chi connectivity index (χ2v) is 10.3. The summed E-state index contributed by atoms with van der Waals surface area (Å²) >= 11 is 7.27. The summed E-state index contributed by atoms with van der Waals surface area (Å²) in [4.78, 5) is 12.9. The largest absolute Gasteiger partial charge is 0.298 e. The standard InChI is InChI=1S/C21H21ClN4O3S2/c1-4-13-26-20(16-5-9-17(22)10-6-16)23-24-21(26)30-14(2)19(27)15-7-11-18(12-8-15)25-31(3,28)29/h4-12,14,25H,1,13H2,2-3H3. The summed E-state index contributed by atoms with van der Waals surface area (Å²) in [5, 5.41) is 9.36. The van der Waals surface area contributed by atoms with Crippen molar-refractivity contribution in [1.29, 1.82) is 0 Å². The Labute approximate surface area is 190 Å². The number of Topliss-reactive ketones (excluding diaryl/α,β-unsaturated/α-hetero) is 1. The quantitative estimate of drug-likeness (QED) is 0.277. The van der Waals surface area contributed by atoms with Crippen molar-refractivity contribution in [2.45, 2.75) is 23.9 Å². The van der Waals surface area contributed by atoms with Crippen LogP contribution >= 0.6 is 23.4 Å². The number of sulfonamides is 1. The van der Waals surface area contributed by atoms with Crippen LogP contribution < -0.4 is 4.72 Å². The predicted molar refractivity (Wildman–Crippen MR) is 125 cm³/mol. The Bertz CT molecular complexity index is 1190. The molecular formula is C21H21ClN4O3S2. The van der Waals surface area contributed by atoms with Crippen molar-refractivity contribution in [2.75, 3.05) is 11.0 Å². The zero-order chi connectivity index (χ0) is 22.6. The molecule has 7 nitrogen and oxygen atoms in total. The van der Waals surface area contributed by atoms with Crippen LogP contribution in [-0.4, -0.2) is 40.5 Å². The molecule has 0 aliphatic rings. The van der Waals surface area contributed by atoms with Gasteiger partial charge in [0.05, 0.1) is 11.5 Å². The van der Waals surface area contributed by atoms with E-state index in [1.165, 1.54) is 11.8 Å². The first-order chi connectivity index (χ1) is 14.7. The first kappa shape index (κ1) is 23.1. The van der Waals surface area contributed by atoms with E-state index in [0.29, 0.717) is 33.8 Å². The number of allylic oxidation sites excluding steroid dienone is 1. The van der Waals surface area contributed by atoms with Crippen molar-refractivity contribution in [1.82, 2.24) is 14.8 Å². The molecule has 0 fully saturated rings. The minimum atomic E-state index is -3.37. The first-order valence-electron chi connectivity index (χ1n) is 9.26. The van der Waals surface area contributed by atoms with Gasteiger partial charge in [-0.1, -0.05) is 29.4 Å². The molecule has 1 unspecified atom stereocenters. The molecular weight excluding hydrogens is 456 g/mol. The minimum Gasteiger partial charge on any atom is -0.298 e. The van der Waals surface area contributed by atoms with Gasteiger partial charge in [-0.2, -0.15) is 0 Å². The van der Waals surface area contributed by atoms with E-state index in [2.05, 4.69) is 21.5 Å². The Hall–Kier alpha value is -2.62. The predicted octanol–water partition coefficient (Wildman–Crippen LogP) is 4.52. The van der Waals surface area contributed by atoms with E-state index in [1.807, 2.05) is 16.7 Å². The Kier molecular flexibility index (Phi) is 7.19. The number of ketones is 1. The highest BCUT2D eigenvalue weighted by Crippen LogP contribution is 2.29. The summed E-state index contributed by atoms with van der Waals surface area (Å²) in [7, 11) is -3.37. The van der Waals surface area contributed by atoms with Crippen LogP contribution in [0.2, 0.25) is 5.02 Å². The smallest absolute Gasteiger partial charge is 0.229 e. The van der Waals surface area contributed by atoms with Crippen molar-refractivity contribution >= 4 is 44.9 Å². The molecule has 0 amide bonds. The summed E-state index contributed by atoms with van der Waals surface area (Å²) in [6.45, 7) is 6.08. The molecule has 0 radical (unpaired) electrons. The van der Waals surface area contributed by atoms with E-state index >= 15 is 0 Å². The van der Waals surface area contributed by atoms with Gasteiger partial charge in [-0.05, 0) is 55.5 Å². The summed E-state index contributed by atoms with van der Waals surface area (Å²) in [6, 6.07) is 13.6. The number of thioether (sulfide) groups is 1. The molecule has 1 heterocycles. The zero-order valence-electron chi connectivity index (χ0n) is 16.9. The van der Waals surface area contributed by atoms with Gasteiger partial charge in [0.2, 0.25) is 10.0 Å². The van der Waals surface area contributed by atoms with Gasteiger partial charge < -0.3 is 0 Å². The van der Waals surface area contributed by atoms with Crippen molar-refractivity contribution in [3.05, 3.63) is 71.8 Å². The molecule has 1 N–H and O–H groups in total.